The van der Waals surface area contributed by atoms with E-state index in [1.807, 2.05) is 13.8 Å². The summed E-state index contributed by atoms with van der Waals surface area (Å²) in [6.45, 7) is 4.88. The maximum absolute atomic E-state index is 13.3. The molecule has 1 unspecified atom stereocenters. The molecule has 0 aromatic heterocycles. The van der Waals surface area contributed by atoms with E-state index in [-0.39, 0.29) is 25.1 Å². The fourth-order valence-electron chi connectivity index (χ4n) is 2.90. The van der Waals surface area contributed by atoms with Crippen LogP contribution in [0.4, 0.5) is 8.78 Å². The van der Waals surface area contributed by atoms with Crippen LogP contribution in [0.3, 0.4) is 0 Å². The van der Waals surface area contributed by atoms with Gasteiger partial charge in [-0.2, -0.15) is 0 Å². The van der Waals surface area contributed by atoms with Crippen molar-refractivity contribution in [3.63, 3.8) is 0 Å². The Balaban J connectivity index is 2.00. The molecule has 5 nitrogen and oxygen atoms in total. The lowest BCUT2D eigenvalue weighted by Crippen LogP contribution is -2.58. The van der Waals surface area contributed by atoms with E-state index in [9.17, 15) is 23.8 Å². The molecular formula is C18H26F2N2O3. The van der Waals surface area contributed by atoms with Gasteiger partial charge in [-0.15, -0.1) is 0 Å². The van der Waals surface area contributed by atoms with Crippen molar-refractivity contribution in [1.29, 1.82) is 0 Å². The number of rotatable bonds is 7. The van der Waals surface area contributed by atoms with E-state index in [4.69, 9.17) is 0 Å². The zero-order valence-corrected chi connectivity index (χ0v) is 14.7. The topological polar surface area (TPSA) is 72.8 Å². The Labute approximate surface area is 146 Å². The van der Waals surface area contributed by atoms with E-state index < -0.39 is 23.1 Å². The minimum atomic E-state index is -1.53. The van der Waals surface area contributed by atoms with Crippen LogP contribution in [0.25, 0.3) is 0 Å². The zero-order valence-electron chi connectivity index (χ0n) is 14.7. The lowest BCUT2D eigenvalue weighted by molar-refractivity contribution is -0.157. The molecule has 0 saturated carbocycles. The second kappa shape index (κ2) is 7.76. The van der Waals surface area contributed by atoms with Crippen molar-refractivity contribution in [2.24, 2.45) is 5.41 Å². The van der Waals surface area contributed by atoms with Crippen molar-refractivity contribution in [1.82, 2.24) is 10.2 Å². The number of carbonyl (C=O) groups excluding carboxylic acids is 1. The highest BCUT2D eigenvalue weighted by Gasteiger charge is 2.42. The van der Waals surface area contributed by atoms with Crippen LogP contribution in [0.5, 0.6) is 0 Å². The first-order valence-corrected chi connectivity index (χ1v) is 8.44. The summed E-state index contributed by atoms with van der Waals surface area (Å²) in [7, 11) is 0. The fraction of sp³-hybridized carbons (Fsp3) is 0.611. The molecule has 0 spiro atoms. The summed E-state index contributed by atoms with van der Waals surface area (Å²) in [6, 6.07) is 3.53. The highest BCUT2D eigenvalue weighted by atomic mass is 19.2. The van der Waals surface area contributed by atoms with Gasteiger partial charge in [0, 0.05) is 38.2 Å². The van der Waals surface area contributed by atoms with Gasteiger partial charge in [0.15, 0.2) is 17.2 Å². The number of benzene rings is 1. The maximum atomic E-state index is 13.3. The van der Waals surface area contributed by atoms with E-state index in [0.717, 1.165) is 12.1 Å². The van der Waals surface area contributed by atoms with E-state index in [0.29, 0.717) is 31.5 Å². The first-order valence-electron chi connectivity index (χ1n) is 8.44. The Kier molecular flexibility index (Phi) is 6.13. The predicted molar refractivity (Wildman–Crippen MR) is 89.7 cm³/mol. The normalized spacial score (nSPS) is 21.7. The quantitative estimate of drug-likeness (QED) is 0.691. The Hall–Kier alpha value is -1.57. The molecule has 1 saturated heterocycles. The number of hydrogen-bond acceptors (Lipinski definition) is 4. The molecule has 25 heavy (non-hydrogen) atoms. The summed E-state index contributed by atoms with van der Waals surface area (Å²) in [5, 5.41) is 23.0. The fourth-order valence-corrected chi connectivity index (χ4v) is 2.90. The molecular weight excluding hydrogens is 330 g/mol. The summed E-state index contributed by atoms with van der Waals surface area (Å²) in [6.07, 6.45) is 0.962. The van der Waals surface area contributed by atoms with Gasteiger partial charge >= 0.3 is 0 Å². The molecule has 1 aliphatic rings. The minimum absolute atomic E-state index is 0.00533. The van der Waals surface area contributed by atoms with Crippen LogP contribution in [0.2, 0.25) is 0 Å². The van der Waals surface area contributed by atoms with Gasteiger partial charge in [-0.25, -0.2) is 8.78 Å². The molecule has 1 fully saturated rings. The van der Waals surface area contributed by atoms with Crippen LogP contribution in [0, 0.1) is 17.0 Å². The number of nitrogens with one attached hydrogen (secondary N) is 1. The van der Waals surface area contributed by atoms with Gasteiger partial charge in [-0.1, -0.05) is 19.9 Å². The molecule has 3 N–H and O–H groups in total. The maximum Gasteiger partial charge on any atom is 0.256 e. The number of hydrogen-bond donors (Lipinski definition) is 3. The first kappa shape index (κ1) is 19.8. The lowest BCUT2D eigenvalue weighted by atomic mass is 9.90. The molecule has 0 bridgehead atoms. The van der Waals surface area contributed by atoms with E-state index in [1.165, 1.54) is 11.0 Å². The lowest BCUT2D eigenvalue weighted by Gasteiger charge is -2.39. The number of carbonyl (C=O) groups is 1. The third kappa shape index (κ3) is 4.96. The number of aliphatic hydroxyl groups is 2. The Morgan fingerprint density at radius 1 is 1.32 bits per heavy atom. The second-order valence-corrected chi connectivity index (χ2v) is 7.54. The van der Waals surface area contributed by atoms with Crippen molar-refractivity contribution in [2.75, 3.05) is 26.2 Å². The Morgan fingerprint density at radius 3 is 2.68 bits per heavy atom. The summed E-state index contributed by atoms with van der Waals surface area (Å²) in [5.74, 6) is -2.30. The molecule has 1 amide bonds. The largest absolute Gasteiger partial charge is 0.396 e. The monoisotopic (exact) mass is 356 g/mol. The van der Waals surface area contributed by atoms with Crippen LogP contribution in [0.15, 0.2) is 18.2 Å². The SMILES string of the molecule is CC(C)(CO)CNCC1(O)CCCN(Cc2ccc(F)c(F)c2)C1=O. The van der Waals surface area contributed by atoms with Gasteiger partial charge in [-0.3, -0.25) is 4.79 Å². The van der Waals surface area contributed by atoms with Gasteiger partial charge in [0.25, 0.3) is 5.91 Å². The van der Waals surface area contributed by atoms with Gasteiger partial charge in [0.1, 0.15) is 0 Å². The second-order valence-electron chi connectivity index (χ2n) is 7.54. The Morgan fingerprint density at radius 2 is 2.04 bits per heavy atom. The third-order valence-electron chi connectivity index (χ3n) is 4.51. The molecule has 140 valence electrons. The van der Waals surface area contributed by atoms with Crippen molar-refractivity contribution in [3.8, 4) is 0 Å². The highest BCUT2D eigenvalue weighted by molar-refractivity contribution is 5.86. The average Bonchev–Trinajstić information content (AvgIpc) is 2.55. The first-order chi connectivity index (χ1) is 11.7. The molecule has 7 heteroatoms. The molecule has 1 heterocycles. The van der Waals surface area contributed by atoms with Crippen LogP contribution >= 0.6 is 0 Å². The number of halogens is 2. The van der Waals surface area contributed by atoms with Crippen molar-refractivity contribution in [3.05, 3.63) is 35.4 Å². The van der Waals surface area contributed by atoms with E-state index in [1.54, 1.807) is 0 Å². The smallest absolute Gasteiger partial charge is 0.256 e. The number of nitrogens with zero attached hydrogens (tertiary/aromatic N) is 1. The average molecular weight is 356 g/mol. The van der Waals surface area contributed by atoms with Crippen LogP contribution in [-0.2, 0) is 11.3 Å². The van der Waals surface area contributed by atoms with E-state index in [2.05, 4.69) is 5.32 Å². The summed E-state index contributed by atoms with van der Waals surface area (Å²) < 4.78 is 26.4. The number of aliphatic hydroxyl groups excluding tert-OH is 1. The van der Waals surface area contributed by atoms with Gasteiger partial charge in [0.05, 0.1) is 0 Å². The van der Waals surface area contributed by atoms with Crippen molar-refractivity contribution < 1.29 is 23.8 Å². The number of likely N-dealkylation sites (tertiary alicyclic amines) is 1. The van der Waals surface area contributed by atoms with Crippen LogP contribution in [0.1, 0.15) is 32.3 Å². The van der Waals surface area contributed by atoms with Crippen LogP contribution in [-0.4, -0.2) is 52.9 Å². The molecule has 1 aromatic carbocycles. The summed E-state index contributed by atoms with van der Waals surface area (Å²) >= 11 is 0. The summed E-state index contributed by atoms with van der Waals surface area (Å²) in [5.41, 5.74) is -1.40. The molecule has 2 rings (SSSR count). The molecule has 0 aliphatic carbocycles. The number of amides is 1. The van der Waals surface area contributed by atoms with Gasteiger partial charge in [0.2, 0.25) is 0 Å². The van der Waals surface area contributed by atoms with Gasteiger partial charge in [-0.05, 0) is 30.5 Å². The standard InChI is InChI=1S/C18H26F2N2O3/c1-17(2,12-23)10-21-11-18(25)6-3-7-22(16(18)24)9-13-4-5-14(19)15(20)8-13/h4-5,8,21,23,25H,3,6-7,9-12H2,1-2H3. The zero-order chi connectivity index (χ0) is 18.7. The Bertz CT molecular complexity index is 624. The summed E-state index contributed by atoms with van der Waals surface area (Å²) in [4.78, 5) is 14.1. The number of piperidine rings is 1. The molecule has 1 aromatic rings. The van der Waals surface area contributed by atoms with Crippen LogP contribution < -0.4 is 5.32 Å². The van der Waals surface area contributed by atoms with E-state index >= 15 is 0 Å². The molecule has 1 aliphatic heterocycles. The predicted octanol–water partition coefficient (Wildman–Crippen LogP) is 1.43. The van der Waals surface area contributed by atoms with Crippen molar-refractivity contribution >= 4 is 5.91 Å². The third-order valence-corrected chi connectivity index (χ3v) is 4.51. The van der Waals surface area contributed by atoms with Gasteiger partial charge < -0.3 is 20.4 Å². The minimum Gasteiger partial charge on any atom is -0.396 e. The molecule has 0 radical (unpaired) electrons. The van der Waals surface area contributed by atoms with Crippen molar-refractivity contribution in [2.45, 2.75) is 38.8 Å². The highest BCUT2D eigenvalue weighted by Crippen LogP contribution is 2.24. The molecule has 1 atom stereocenters.